The van der Waals surface area contributed by atoms with E-state index in [4.69, 9.17) is 4.74 Å². The summed E-state index contributed by atoms with van der Waals surface area (Å²) in [6.07, 6.45) is 0. The van der Waals surface area contributed by atoms with Gasteiger partial charge in [0.2, 0.25) is 0 Å². The Hall–Kier alpha value is -4.00. The molecular weight excluding hydrogens is 399 g/mol. The van der Waals surface area contributed by atoms with E-state index in [9.17, 15) is 18.8 Å². The molecule has 0 aliphatic carbocycles. The molecule has 0 radical (unpaired) electrons. The van der Waals surface area contributed by atoms with Crippen molar-refractivity contribution in [3.63, 3.8) is 0 Å². The highest BCUT2D eigenvalue weighted by molar-refractivity contribution is 6.11. The predicted octanol–water partition coefficient (Wildman–Crippen LogP) is 4.27. The number of halogens is 1. The summed E-state index contributed by atoms with van der Waals surface area (Å²) in [5, 5.41) is 2.60. The Kier molecular flexibility index (Phi) is 5.25. The highest BCUT2D eigenvalue weighted by Crippen LogP contribution is 2.29. The third kappa shape index (κ3) is 4.02. The molecule has 1 N–H and O–H groups in total. The van der Waals surface area contributed by atoms with Gasteiger partial charge >= 0.3 is 6.03 Å². The maximum absolute atomic E-state index is 13.2. The van der Waals surface area contributed by atoms with Gasteiger partial charge in [0.1, 0.15) is 22.9 Å². The summed E-state index contributed by atoms with van der Waals surface area (Å²) in [6.45, 7) is 1.13. The fourth-order valence-corrected chi connectivity index (χ4v) is 3.39. The summed E-state index contributed by atoms with van der Waals surface area (Å²) in [5.41, 5.74) is -0.584. The Morgan fingerprint density at radius 2 is 1.55 bits per heavy atom. The number of hydrogen-bond acceptors (Lipinski definition) is 4. The molecule has 7 heteroatoms. The highest BCUT2D eigenvalue weighted by Gasteiger charge is 2.49. The van der Waals surface area contributed by atoms with Crippen LogP contribution in [0.3, 0.4) is 0 Å². The van der Waals surface area contributed by atoms with Gasteiger partial charge in [0.05, 0.1) is 6.54 Å². The quantitative estimate of drug-likeness (QED) is 0.479. The second-order valence-corrected chi connectivity index (χ2v) is 7.32. The Morgan fingerprint density at radius 1 is 0.935 bits per heavy atom. The molecule has 1 saturated heterocycles. The normalized spacial score (nSPS) is 18.1. The van der Waals surface area contributed by atoms with Crippen molar-refractivity contribution in [1.29, 1.82) is 0 Å². The molecule has 3 aromatic rings. The predicted molar refractivity (Wildman–Crippen MR) is 111 cm³/mol. The Labute approximate surface area is 178 Å². The monoisotopic (exact) mass is 418 g/mol. The van der Waals surface area contributed by atoms with E-state index in [-0.39, 0.29) is 0 Å². The zero-order chi connectivity index (χ0) is 22.0. The Bertz CT molecular complexity index is 1130. The standard InChI is InChI=1S/C24H19FN2O4/c1-24(17-9-11-18(25)12-10-17)22(29)27(23(30)26-24)15-21(28)16-7-13-20(14-8-16)31-19-5-3-2-4-6-19/h2-14H,15H2,1H3,(H,26,30). The molecule has 156 valence electrons. The highest BCUT2D eigenvalue weighted by atomic mass is 19.1. The van der Waals surface area contributed by atoms with Crippen LogP contribution in [-0.2, 0) is 10.3 Å². The van der Waals surface area contributed by atoms with Crippen molar-refractivity contribution < 1.29 is 23.5 Å². The number of hydrogen-bond donors (Lipinski definition) is 1. The molecule has 31 heavy (non-hydrogen) atoms. The topological polar surface area (TPSA) is 75.7 Å². The number of amides is 3. The van der Waals surface area contributed by atoms with Gasteiger partial charge in [-0.2, -0.15) is 0 Å². The van der Waals surface area contributed by atoms with Crippen LogP contribution in [0.4, 0.5) is 9.18 Å². The summed E-state index contributed by atoms with van der Waals surface area (Å²) >= 11 is 0. The molecule has 3 aromatic carbocycles. The van der Waals surface area contributed by atoms with Crippen molar-refractivity contribution in [3.8, 4) is 11.5 Å². The number of carbonyl (C=O) groups is 3. The average Bonchev–Trinajstić information content (AvgIpc) is 2.99. The molecule has 1 atom stereocenters. The minimum Gasteiger partial charge on any atom is -0.457 e. The number of para-hydroxylation sites is 1. The largest absolute Gasteiger partial charge is 0.457 e. The van der Waals surface area contributed by atoms with E-state index in [1.807, 2.05) is 30.3 Å². The number of rotatable bonds is 6. The summed E-state index contributed by atoms with van der Waals surface area (Å²) in [4.78, 5) is 38.9. The third-order valence-corrected chi connectivity index (χ3v) is 5.15. The average molecular weight is 418 g/mol. The van der Waals surface area contributed by atoms with Gasteiger partial charge in [0, 0.05) is 5.56 Å². The Morgan fingerprint density at radius 3 is 2.19 bits per heavy atom. The number of ether oxygens (including phenoxy) is 1. The van der Waals surface area contributed by atoms with Crippen LogP contribution in [0.25, 0.3) is 0 Å². The molecule has 0 spiro atoms. The molecule has 1 aliphatic heterocycles. The first kappa shape index (κ1) is 20.3. The van der Waals surface area contributed by atoms with E-state index in [2.05, 4.69) is 5.32 Å². The van der Waals surface area contributed by atoms with Crippen molar-refractivity contribution in [2.75, 3.05) is 6.54 Å². The number of imide groups is 1. The van der Waals surface area contributed by atoms with Crippen LogP contribution in [0.1, 0.15) is 22.8 Å². The fraction of sp³-hybridized carbons (Fsp3) is 0.125. The lowest BCUT2D eigenvalue weighted by atomic mass is 9.92. The van der Waals surface area contributed by atoms with Crippen molar-refractivity contribution in [3.05, 3.63) is 95.8 Å². The number of benzene rings is 3. The molecule has 1 heterocycles. The van der Waals surface area contributed by atoms with Gasteiger partial charge in [-0.05, 0) is 61.0 Å². The molecule has 1 unspecified atom stereocenters. The van der Waals surface area contributed by atoms with Gasteiger partial charge < -0.3 is 10.1 Å². The third-order valence-electron chi connectivity index (χ3n) is 5.15. The minimum atomic E-state index is -1.36. The van der Waals surface area contributed by atoms with Crippen LogP contribution >= 0.6 is 0 Å². The second-order valence-electron chi connectivity index (χ2n) is 7.32. The van der Waals surface area contributed by atoms with Crippen molar-refractivity contribution in [1.82, 2.24) is 10.2 Å². The first-order valence-electron chi connectivity index (χ1n) is 9.63. The number of urea groups is 1. The minimum absolute atomic E-state index is 0.344. The van der Waals surface area contributed by atoms with Crippen LogP contribution in [0.15, 0.2) is 78.9 Å². The Balaban J connectivity index is 1.46. The van der Waals surface area contributed by atoms with E-state index in [0.29, 0.717) is 22.6 Å². The smallest absolute Gasteiger partial charge is 0.325 e. The number of carbonyl (C=O) groups excluding carboxylic acids is 3. The van der Waals surface area contributed by atoms with Crippen LogP contribution in [0, 0.1) is 5.82 Å². The molecule has 1 fully saturated rings. The van der Waals surface area contributed by atoms with E-state index in [0.717, 1.165) is 4.90 Å². The molecule has 6 nitrogen and oxygen atoms in total. The van der Waals surface area contributed by atoms with Crippen LogP contribution in [0.5, 0.6) is 11.5 Å². The second kappa shape index (κ2) is 8.02. The maximum atomic E-state index is 13.2. The van der Waals surface area contributed by atoms with Crippen molar-refractivity contribution in [2.24, 2.45) is 0 Å². The summed E-state index contributed by atoms with van der Waals surface area (Å²) in [6, 6.07) is 20.3. The number of nitrogens with one attached hydrogen (secondary N) is 1. The summed E-state index contributed by atoms with van der Waals surface area (Å²) in [7, 11) is 0. The van der Waals surface area contributed by atoms with Crippen LogP contribution in [-0.4, -0.2) is 29.2 Å². The van der Waals surface area contributed by atoms with E-state index in [1.165, 1.54) is 31.2 Å². The molecule has 3 amide bonds. The maximum Gasteiger partial charge on any atom is 0.325 e. The van der Waals surface area contributed by atoms with Gasteiger partial charge in [0.15, 0.2) is 5.78 Å². The first-order valence-corrected chi connectivity index (χ1v) is 9.63. The SMILES string of the molecule is CC1(c2ccc(F)cc2)NC(=O)N(CC(=O)c2ccc(Oc3ccccc3)cc2)C1=O. The molecular formula is C24H19FN2O4. The number of nitrogens with zero attached hydrogens (tertiary/aromatic N) is 1. The van der Waals surface area contributed by atoms with Gasteiger partial charge in [0.25, 0.3) is 5.91 Å². The summed E-state index contributed by atoms with van der Waals surface area (Å²) < 4.78 is 18.9. The molecule has 0 saturated carbocycles. The molecule has 1 aliphatic rings. The van der Waals surface area contributed by atoms with Gasteiger partial charge in [-0.25, -0.2) is 9.18 Å². The fourth-order valence-electron chi connectivity index (χ4n) is 3.39. The van der Waals surface area contributed by atoms with Crippen molar-refractivity contribution >= 4 is 17.7 Å². The molecule has 0 aromatic heterocycles. The molecule has 0 bridgehead atoms. The van der Waals surface area contributed by atoms with Crippen molar-refractivity contribution in [2.45, 2.75) is 12.5 Å². The van der Waals surface area contributed by atoms with Gasteiger partial charge in [-0.15, -0.1) is 0 Å². The van der Waals surface area contributed by atoms with E-state index < -0.39 is 35.6 Å². The lowest BCUT2D eigenvalue weighted by molar-refractivity contribution is -0.130. The van der Waals surface area contributed by atoms with Crippen LogP contribution in [0.2, 0.25) is 0 Å². The first-order chi connectivity index (χ1) is 14.9. The number of Topliss-reactive ketones (excluding diaryl/α,β-unsaturated/α-hetero) is 1. The molecule has 4 rings (SSSR count). The van der Waals surface area contributed by atoms with Gasteiger partial charge in [-0.1, -0.05) is 30.3 Å². The van der Waals surface area contributed by atoms with E-state index >= 15 is 0 Å². The zero-order valence-corrected chi connectivity index (χ0v) is 16.7. The van der Waals surface area contributed by atoms with E-state index in [1.54, 1.807) is 24.3 Å². The number of ketones is 1. The zero-order valence-electron chi connectivity index (χ0n) is 16.7. The lowest BCUT2D eigenvalue weighted by Gasteiger charge is -2.22. The lowest BCUT2D eigenvalue weighted by Crippen LogP contribution is -2.41. The van der Waals surface area contributed by atoms with Crippen LogP contribution < -0.4 is 10.1 Å². The summed E-state index contributed by atoms with van der Waals surface area (Å²) in [5.74, 6) is -0.182. The van der Waals surface area contributed by atoms with Gasteiger partial charge in [-0.3, -0.25) is 14.5 Å².